The first-order valence-corrected chi connectivity index (χ1v) is 4.95. The van der Waals surface area contributed by atoms with E-state index in [-0.39, 0.29) is 5.82 Å². The predicted octanol–water partition coefficient (Wildman–Crippen LogP) is 1.05. The fraction of sp³-hybridized carbons (Fsp3) is 0.300. The van der Waals surface area contributed by atoms with E-state index in [4.69, 9.17) is 5.73 Å². The molecule has 2 heterocycles. The molecule has 0 saturated heterocycles. The van der Waals surface area contributed by atoms with Crippen LogP contribution in [0.3, 0.4) is 0 Å². The molecule has 84 valence electrons. The van der Waals surface area contributed by atoms with Crippen molar-refractivity contribution < 1.29 is 4.92 Å². The van der Waals surface area contributed by atoms with E-state index in [0.717, 1.165) is 5.56 Å². The smallest absolute Gasteiger partial charge is 0.358 e. The van der Waals surface area contributed by atoms with Crippen LogP contribution >= 0.6 is 0 Å². The van der Waals surface area contributed by atoms with Crippen LogP contribution in [-0.2, 0) is 6.42 Å². The molecule has 0 amide bonds. The molecule has 6 heteroatoms. The van der Waals surface area contributed by atoms with E-state index in [0.29, 0.717) is 24.3 Å². The Kier molecular flexibility index (Phi) is 2.57. The molecule has 0 spiro atoms. The topological polar surface area (TPSA) is 86.5 Å². The van der Waals surface area contributed by atoms with E-state index in [1.165, 1.54) is 0 Å². The number of fused-ring (bicyclic) bond motifs is 1. The van der Waals surface area contributed by atoms with Crippen molar-refractivity contribution in [3.63, 3.8) is 0 Å². The van der Waals surface area contributed by atoms with Gasteiger partial charge in [-0.1, -0.05) is 0 Å². The molecule has 0 saturated carbocycles. The van der Waals surface area contributed by atoms with Crippen molar-refractivity contribution in [3.05, 3.63) is 39.8 Å². The Morgan fingerprint density at radius 2 is 2.38 bits per heavy atom. The summed E-state index contributed by atoms with van der Waals surface area (Å²) in [6.45, 7) is 2.31. The monoisotopic (exact) mass is 220 g/mol. The van der Waals surface area contributed by atoms with Crippen molar-refractivity contribution in [2.75, 3.05) is 6.54 Å². The summed E-state index contributed by atoms with van der Waals surface area (Å²) in [4.78, 5) is 14.4. The first-order chi connectivity index (χ1) is 7.63. The van der Waals surface area contributed by atoms with Gasteiger partial charge in [-0.05, 0) is 34.5 Å². The fourth-order valence-corrected chi connectivity index (χ4v) is 1.68. The number of pyridine rings is 1. The molecule has 0 aliphatic heterocycles. The molecule has 2 aromatic rings. The second kappa shape index (κ2) is 3.90. The van der Waals surface area contributed by atoms with Gasteiger partial charge in [-0.2, -0.15) is 0 Å². The van der Waals surface area contributed by atoms with Crippen molar-refractivity contribution in [2.45, 2.75) is 13.3 Å². The summed E-state index contributed by atoms with van der Waals surface area (Å²) in [5.41, 5.74) is 6.93. The summed E-state index contributed by atoms with van der Waals surface area (Å²) in [6.07, 6.45) is 2.31. The number of nitro groups is 1. The van der Waals surface area contributed by atoms with E-state index in [1.807, 2.05) is 13.0 Å². The average molecular weight is 220 g/mol. The molecule has 6 nitrogen and oxygen atoms in total. The Morgan fingerprint density at radius 1 is 1.62 bits per heavy atom. The molecule has 0 fully saturated rings. The SMILES string of the molecule is Cc1ccn2c(CCN)nc([N+](=O)[O-])c2c1. The van der Waals surface area contributed by atoms with Crippen molar-refractivity contribution in [2.24, 2.45) is 5.73 Å². The number of hydrogen-bond acceptors (Lipinski definition) is 4. The number of nitrogens with two attached hydrogens (primary N) is 1. The van der Waals surface area contributed by atoms with Crippen molar-refractivity contribution in [1.29, 1.82) is 0 Å². The molecule has 2 aromatic heterocycles. The Balaban J connectivity index is 2.71. The molecule has 0 bridgehead atoms. The van der Waals surface area contributed by atoms with Gasteiger partial charge in [0.1, 0.15) is 5.52 Å². The Morgan fingerprint density at radius 3 is 3.00 bits per heavy atom. The number of hydrogen-bond donors (Lipinski definition) is 1. The summed E-state index contributed by atoms with van der Waals surface area (Å²) in [5, 5.41) is 10.8. The molecule has 16 heavy (non-hydrogen) atoms. The first-order valence-electron chi connectivity index (χ1n) is 4.95. The minimum Gasteiger partial charge on any atom is -0.358 e. The molecule has 0 aliphatic rings. The number of rotatable bonds is 3. The van der Waals surface area contributed by atoms with Gasteiger partial charge in [-0.3, -0.25) is 4.40 Å². The second-order valence-electron chi connectivity index (χ2n) is 3.61. The van der Waals surface area contributed by atoms with Crippen LogP contribution in [0.15, 0.2) is 18.3 Å². The minimum absolute atomic E-state index is 0.104. The van der Waals surface area contributed by atoms with E-state index in [1.54, 1.807) is 16.7 Å². The summed E-state index contributed by atoms with van der Waals surface area (Å²) in [6, 6.07) is 3.64. The number of aryl methyl sites for hydroxylation is 1. The molecule has 0 aromatic carbocycles. The fourth-order valence-electron chi connectivity index (χ4n) is 1.68. The lowest BCUT2D eigenvalue weighted by Gasteiger charge is -1.96. The lowest BCUT2D eigenvalue weighted by atomic mass is 10.3. The summed E-state index contributed by atoms with van der Waals surface area (Å²) >= 11 is 0. The quantitative estimate of drug-likeness (QED) is 0.618. The standard InChI is InChI=1S/C10H12N4O2/c1-7-3-5-13-8(6-7)10(14(15)16)12-9(13)2-4-11/h3,5-6H,2,4,11H2,1H3. The molecule has 0 unspecified atom stereocenters. The van der Waals surface area contributed by atoms with Gasteiger partial charge in [0.05, 0.1) is 0 Å². The Bertz CT molecular complexity index is 547. The van der Waals surface area contributed by atoms with Crippen LogP contribution in [0, 0.1) is 17.0 Å². The van der Waals surface area contributed by atoms with Gasteiger partial charge < -0.3 is 15.8 Å². The van der Waals surface area contributed by atoms with Crippen molar-refractivity contribution in [1.82, 2.24) is 9.38 Å². The maximum atomic E-state index is 10.8. The van der Waals surface area contributed by atoms with Crippen LogP contribution in [0.5, 0.6) is 0 Å². The van der Waals surface area contributed by atoms with Crippen molar-refractivity contribution >= 4 is 11.3 Å². The first kappa shape index (κ1) is 10.6. The lowest BCUT2D eigenvalue weighted by Crippen LogP contribution is -2.06. The van der Waals surface area contributed by atoms with Crippen molar-refractivity contribution in [3.8, 4) is 0 Å². The van der Waals surface area contributed by atoms with E-state index >= 15 is 0 Å². The summed E-state index contributed by atoms with van der Waals surface area (Å²) in [5.74, 6) is 0.524. The van der Waals surface area contributed by atoms with Gasteiger partial charge in [0.15, 0.2) is 0 Å². The Labute approximate surface area is 91.9 Å². The van der Waals surface area contributed by atoms with Gasteiger partial charge in [-0.15, -0.1) is 0 Å². The lowest BCUT2D eigenvalue weighted by molar-refractivity contribution is -0.387. The third kappa shape index (κ3) is 1.63. The molecule has 2 rings (SSSR count). The zero-order valence-electron chi connectivity index (χ0n) is 8.88. The zero-order valence-corrected chi connectivity index (χ0v) is 8.88. The maximum absolute atomic E-state index is 10.8. The highest BCUT2D eigenvalue weighted by atomic mass is 16.6. The van der Waals surface area contributed by atoms with E-state index in [2.05, 4.69) is 4.98 Å². The Hall–Kier alpha value is -1.95. The molecule has 0 aliphatic carbocycles. The number of imidazole rings is 1. The highest BCUT2D eigenvalue weighted by Gasteiger charge is 2.21. The highest BCUT2D eigenvalue weighted by molar-refractivity contribution is 5.63. The van der Waals surface area contributed by atoms with E-state index < -0.39 is 4.92 Å². The maximum Gasteiger partial charge on any atom is 0.389 e. The van der Waals surface area contributed by atoms with Crippen LogP contribution in [0.1, 0.15) is 11.4 Å². The van der Waals surface area contributed by atoms with Crippen LogP contribution in [0.25, 0.3) is 5.52 Å². The molecule has 0 atom stereocenters. The molecular formula is C10H12N4O2. The molecule has 2 N–H and O–H groups in total. The third-order valence-corrected chi connectivity index (χ3v) is 2.39. The van der Waals surface area contributed by atoms with E-state index in [9.17, 15) is 10.1 Å². The highest BCUT2D eigenvalue weighted by Crippen LogP contribution is 2.21. The summed E-state index contributed by atoms with van der Waals surface area (Å²) < 4.78 is 1.72. The van der Waals surface area contributed by atoms with Crippen LogP contribution in [-0.4, -0.2) is 20.9 Å². The second-order valence-corrected chi connectivity index (χ2v) is 3.61. The number of aromatic nitrogens is 2. The van der Waals surface area contributed by atoms with Gasteiger partial charge >= 0.3 is 5.82 Å². The van der Waals surface area contributed by atoms with Crippen LogP contribution in [0.2, 0.25) is 0 Å². The summed E-state index contributed by atoms with van der Waals surface area (Å²) in [7, 11) is 0. The number of nitrogens with zero attached hydrogens (tertiary/aromatic N) is 3. The van der Waals surface area contributed by atoms with Gasteiger partial charge in [-0.25, -0.2) is 0 Å². The average Bonchev–Trinajstić information content (AvgIpc) is 2.57. The zero-order chi connectivity index (χ0) is 11.7. The van der Waals surface area contributed by atoms with Gasteiger partial charge in [0.2, 0.25) is 5.82 Å². The third-order valence-electron chi connectivity index (χ3n) is 2.39. The minimum atomic E-state index is -0.464. The van der Waals surface area contributed by atoms with Gasteiger partial charge in [0.25, 0.3) is 0 Å². The normalized spacial score (nSPS) is 10.9. The van der Waals surface area contributed by atoms with Crippen LogP contribution < -0.4 is 5.73 Å². The molecular weight excluding hydrogens is 208 g/mol. The van der Waals surface area contributed by atoms with Gasteiger partial charge in [0, 0.05) is 19.2 Å². The largest absolute Gasteiger partial charge is 0.389 e. The molecule has 0 radical (unpaired) electrons. The van der Waals surface area contributed by atoms with Crippen LogP contribution in [0.4, 0.5) is 5.82 Å². The predicted molar refractivity (Wildman–Crippen MR) is 59.3 cm³/mol.